The highest BCUT2D eigenvalue weighted by Crippen LogP contribution is 2.13. The van der Waals surface area contributed by atoms with Gasteiger partial charge >= 0.3 is 0 Å². The van der Waals surface area contributed by atoms with E-state index in [2.05, 4.69) is 27.5 Å². The molecule has 2 rings (SSSR count). The van der Waals surface area contributed by atoms with Crippen LogP contribution in [0, 0.1) is 0 Å². The number of nitrogens with zero attached hydrogens (tertiary/aromatic N) is 2. The third-order valence-corrected chi connectivity index (χ3v) is 3.74. The number of carbonyl (C=O) groups is 2. The lowest BCUT2D eigenvalue weighted by atomic mass is 10.2. The van der Waals surface area contributed by atoms with Gasteiger partial charge < -0.3 is 20.4 Å². The molecule has 1 saturated heterocycles. The van der Waals surface area contributed by atoms with E-state index in [4.69, 9.17) is 0 Å². The Morgan fingerprint density at radius 1 is 1.00 bits per heavy atom. The molecule has 6 heteroatoms. The van der Waals surface area contributed by atoms with E-state index in [1.165, 1.54) is 6.92 Å². The summed E-state index contributed by atoms with van der Waals surface area (Å²) in [6.07, 6.45) is 0.497. The molecule has 120 valence electrons. The molecule has 1 fully saturated rings. The average Bonchev–Trinajstić information content (AvgIpc) is 2.48. The second kappa shape index (κ2) is 7.91. The van der Waals surface area contributed by atoms with Gasteiger partial charge in [0.15, 0.2) is 0 Å². The van der Waals surface area contributed by atoms with Crippen molar-refractivity contribution in [1.82, 2.24) is 9.80 Å². The molecule has 0 aromatic heterocycles. The van der Waals surface area contributed by atoms with Gasteiger partial charge in [0.1, 0.15) is 0 Å². The standard InChI is InChI=1S/C16H24N4O2/c1-13(21)17-14-3-5-15(6-4-14)18-16(22)7-8-20-11-9-19(2)10-12-20/h3-6H,7-12H2,1-2H3,(H,17,21)(H,18,22). The summed E-state index contributed by atoms with van der Waals surface area (Å²) in [7, 11) is 2.12. The maximum atomic E-state index is 12.0. The van der Waals surface area contributed by atoms with Crippen molar-refractivity contribution in [3.05, 3.63) is 24.3 Å². The number of hydrogen-bond acceptors (Lipinski definition) is 4. The minimum atomic E-state index is -0.107. The normalized spacial score (nSPS) is 16.3. The molecule has 1 heterocycles. The third kappa shape index (κ3) is 5.46. The zero-order valence-electron chi connectivity index (χ0n) is 13.3. The highest BCUT2D eigenvalue weighted by molar-refractivity contribution is 5.92. The summed E-state index contributed by atoms with van der Waals surface area (Å²) in [5, 5.41) is 5.58. The topological polar surface area (TPSA) is 64.7 Å². The van der Waals surface area contributed by atoms with Crippen molar-refractivity contribution in [2.24, 2.45) is 0 Å². The van der Waals surface area contributed by atoms with Gasteiger partial charge in [0, 0.05) is 57.4 Å². The summed E-state index contributed by atoms with van der Waals surface area (Å²) in [5.41, 5.74) is 1.47. The first-order chi connectivity index (χ1) is 10.5. The molecule has 0 saturated carbocycles. The summed E-state index contributed by atoms with van der Waals surface area (Å²) in [6.45, 7) is 6.43. The van der Waals surface area contributed by atoms with Gasteiger partial charge in [0.2, 0.25) is 11.8 Å². The van der Waals surface area contributed by atoms with Gasteiger partial charge in [-0.15, -0.1) is 0 Å². The van der Waals surface area contributed by atoms with Gasteiger partial charge in [-0.1, -0.05) is 0 Å². The zero-order chi connectivity index (χ0) is 15.9. The van der Waals surface area contributed by atoms with E-state index in [1.54, 1.807) is 24.3 Å². The van der Waals surface area contributed by atoms with Gasteiger partial charge in [-0.3, -0.25) is 9.59 Å². The molecule has 0 radical (unpaired) electrons. The fourth-order valence-corrected chi connectivity index (χ4v) is 2.39. The third-order valence-electron chi connectivity index (χ3n) is 3.74. The molecular weight excluding hydrogens is 280 g/mol. The molecule has 2 amide bonds. The van der Waals surface area contributed by atoms with Crippen molar-refractivity contribution in [1.29, 1.82) is 0 Å². The Kier molecular flexibility index (Phi) is 5.91. The smallest absolute Gasteiger partial charge is 0.225 e. The Balaban J connectivity index is 1.73. The van der Waals surface area contributed by atoms with Crippen LogP contribution in [0.15, 0.2) is 24.3 Å². The van der Waals surface area contributed by atoms with E-state index >= 15 is 0 Å². The molecule has 22 heavy (non-hydrogen) atoms. The lowest BCUT2D eigenvalue weighted by Gasteiger charge is -2.32. The molecule has 2 N–H and O–H groups in total. The molecular formula is C16H24N4O2. The molecule has 0 atom stereocenters. The number of likely N-dealkylation sites (N-methyl/N-ethyl adjacent to an activating group) is 1. The maximum absolute atomic E-state index is 12.0. The van der Waals surface area contributed by atoms with Crippen LogP contribution in [0.25, 0.3) is 0 Å². The van der Waals surface area contributed by atoms with E-state index in [1.807, 2.05) is 0 Å². The van der Waals surface area contributed by atoms with Crippen molar-refractivity contribution in [2.75, 3.05) is 50.4 Å². The van der Waals surface area contributed by atoms with E-state index in [0.29, 0.717) is 6.42 Å². The minimum absolute atomic E-state index is 0.0196. The summed E-state index contributed by atoms with van der Waals surface area (Å²) in [5.74, 6) is -0.0878. The predicted octanol–water partition coefficient (Wildman–Crippen LogP) is 1.22. The Labute approximate surface area is 131 Å². The molecule has 0 bridgehead atoms. The minimum Gasteiger partial charge on any atom is -0.326 e. The van der Waals surface area contributed by atoms with E-state index in [0.717, 1.165) is 44.1 Å². The lowest BCUT2D eigenvalue weighted by Crippen LogP contribution is -2.45. The van der Waals surface area contributed by atoms with Crippen molar-refractivity contribution in [3.8, 4) is 0 Å². The van der Waals surface area contributed by atoms with Gasteiger partial charge in [-0.2, -0.15) is 0 Å². The Morgan fingerprint density at radius 2 is 1.55 bits per heavy atom. The van der Waals surface area contributed by atoms with Crippen molar-refractivity contribution in [3.63, 3.8) is 0 Å². The molecule has 1 aromatic rings. The zero-order valence-corrected chi connectivity index (χ0v) is 13.3. The number of anilines is 2. The number of rotatable bonds is 5. The largest absolute Gasteiger partial charge is 0.326 e. The Bertz CT molecular complexity index is 507. The number of amides is 2. The second-order valence-corrected chi connectivity index (χ2v) is 5.70. The monoisotopic (exact) mass is 304 g/mol. The van der Waals surface area contributed by atoms with Crippen LogP contribution in [0.2, 0.25) is 0 Å². The fourth-order valence-electron chi connectivity index (χ4n) is 2.39. The number of benzene rings is 1. The van der Waals surface area contributed by atoms with Crippen molar-refractivity contribution >= 4 is 23.2 Å². The SMILES string of the molecule is CC(=O)Nc1ccc(NC(=O)CCN2CCN(C)CC2)cc1. The number of hydrogen-bond donors (Lipinski definition) is 2. The van der Waals surface area contributed by atoms with Crippen LogP contribution < -0.4 is 10.6 Å². The van der Waals surface area contributed by atoms with Crippen LogP contribution in [0.5, 0.6) is 0 Å². The Hall–Kier alpha value is -1.92. The highest BCUT2D eigenvalue weighted by atomic mass is 16.2. The first-order valence-electron chi connectivity index (χ1n) is 7.61. The number of piperazine rings is 1. The molecule has 0 aliphatic carbocycles. The highest BCUT2D eigenvalue weighted by Gasteiger charge is 2.14. The van der Waals surface area contributed by atoms with Gasteiger partial charge in [-0.25, -0.2) is 0 Å². The van der Waals surface area contributed by atoms with E-state index in [-0.39, 0.29) is 11.8 Å². The average molecular weight is 304 g/mol. The number of nitrogens with one attached hydrogen (secondary N) is 2. The van der Waals surface area contributed by atoms with Crippen LogP contribution in [-0.2, 0) is 9.59 Å². The quantitative estimate of drug-likeness (QED) is 0.858. The second-order valence-electron chi connectivity index (χ2n) is 5.70. The molecule has 6 nitrogen and oxygen atoms in total. The molecule has 1 aromatic carbocycles. The fraction of sp³-hybridized carbons (Fsp3) is 0.500. The van der Waals surface area contributed by atoms with Crippen LogP contribution in [-0.4, -0.2) is 61.4 Å². The summed E-state index contributed by atoms with van der Waals surface area (Å²) >= 11 is 0. The molecule has 0 spiro atoms. The summed E-state index contributed by atoms with van der Waals surface area (Å²) < 4.78 is 0. The van der Waals surface area contributed by atoms with E-state index in [9.17, 15) is 9.59 Å². The van der Waals surface area contributed by atoms with Crippen LogP contribution in [0.4, 0.5) is 11.4 Å². The first kappa shape index (κ1) is 16.5. The van der Waals surface area contributed by atoms with Crippen LogP contribution >= 0.6 is 0 Å². The molecule has 1 aliphatic rings. The van der Waals surface area contributed by atoms with Gasteiger partial charge in [0.05, 0.1) is 0 Å². The van der Waals surface area contributed by atoms with Crippen LogP contribution in [0.3, 0.4) is 0 Å². The first-order valence-corrected chi connectivity index (χ1v) is 7.61. The van der Waals surface area contributed by atoms with Crippen LogP contribution in [0.1, 0.15) is 13.3 Å². The molecule has 0 unspecified atom stereocenters. The lowest BCUT2D eigenvalue weighted by molar-refractivity contribution is -0.116. The van der Waals surface area contributed by atoms with Gasteiger partial charge in [-0.05, 0) is 31.3 Å². The molecule has 1 aliphatic heterocycles. The van der Waals surface area contributed by atoms with Crippen molar-refractivity contribution in [2.45, 2.75) is 13.3 Å². The number of carbonyl (C=O) groups excluding carboxylic acids is 2. The summed E-state index contributed by atoms with van der Waals surface area (Å²) in [4.78, 5) is 27.5. The Morgan fingerprint density at radius 3 is 2.09 bits per heavy atom. The summed E-state index contributed by atoms with van der Waals surface area (Å²) in [6, 6.07) is 7.13. The maximum Gasteiger partial charge on any atom is 0.225 e. The van der Waals surface area contributed by atoms with E-state index < -0.39 is 0 Å². The van der Waals surface area contributed by atoms with Gasteiger partial charge in [0.25, 0.3) is 0 Å². The van der Waals surface area contributed by atoms with Crippen molar-refractivity contribution < 1.29 is 9.59 Å². The predicted molar refractivity (Wildman–Crippen MR) is 87.9 cm³/mol.